The second kappa shape index (κ2) is 7.44. The number of thioether (sulfide) groups is 1. The number of carbonyl (C=O) groups excluding carboxylic acids is 1. The van der Waals surface area contributed by atoms with E-state index in [-0.39, 0.29) is 16.9 Å². The van der Waals surface area contributed by atoms with E-state index in [1.165, 1.54) is 36.0 Å². The molecule has 0 radical (unpaired) electrons. The van der Waals surface area contributed by atoms with Crippen LogP contribution in [0.1, 0.15) is 26.7 Å². The fourth-order valence-electron chi connectivity index (χ4n) is 2.39. The van der Waals surface area contributed by atoms with Gasteiger partial charge < -0.3 is 5.73 Å². The molecule has 3 rings (SSSR count). The number of nitrogens with zero attached hydrogens (tertiary/aromatic N) is 1. The predicted octanol–water partition coefficient (Wildman–Crippen LogP) is 4.34. The smallest absolute Gasteiger partial charge is 0.251 e. The van der Waals surface area contributed by atoms with Crippen LogP contribution in [0.5, 0.6) is 0 Å². The van der Waals surface area contributed by atoms with Crippen molar-refractivity contribution < 1.29 is 13.6 Å². The molecule has 25 heavy (non-hydrogen) atoms. The standard InChI is InChI=1S/C19H14F2N2OS/c20-14-7-3-12(4-8-14)17(13-5-9-15(21)10-6-13)25-19-16(18(22)24)2-1-11-23-19/h1-11,17H,(H2,22,24). The summed E-state index contributed by atoms with van der Waals surface area (Å²) < 4.78 is 26.5. The van der Waals surface area contributed by atoms with Crippen molar-refractivity contribution in [2.75, 3.05) is 0 Å². The number of aromatic nitrogens is 1. The van der Waals surface area contributed by atoms with Crippen molar-refractivity contribution in [3.8, 4) is 0 Å². The first-order valence-electron chi connectivity index (χ1n) is 7.47. The number of primary amides is 1. The number of pyridine rings is 1. The highest BCUT2D eigenvalue weighted by molar-refractivity contribution is 7.99. The second-order valence-corrected chi connectivity index (χ2v) is 6.42. The molecule has 0 fully saturated rings. The van der Waals surface area contributed by atoms with Gasteiger partial charge in [-0.3, -0.25) is 4.79 Å². The van der Waals surface area contributed by atoms with Crippen LogP contribution in [0.4, 0.5) is 8.78 Å². The third-order valence-corrected chi connectivity index (χ3v) is 4.94. The minimum Gasteiger partial charge on any atom is -0.366 e. The van der Waals surface area contributed by atoms with E-state index < -0.39 is 5.91 Å². The van der Waals surface area contributed by atoms with Crippen LogP contribution in [-0.2, 0) is 0 Å². The fraction of sp³-hybridized carbons (Fsp3) is 0.0526. The third-order valence-electron chi connectivity index (χ3n) is 3.61. The van der Waals surface area contributed by atoms with Gasteiger partial charge in [-0.1, -0.05) is 36.0 Å². The Bertz CT molecular complexity index is 837. The van der Waals surface area contributed by atoms with Crippen molar-refractivity contribution >= 4 is 17.7 Å². The van der Waals surface area contributed by atoms with Crippen molar-refractivity contribution in [1.82, 2.24) is 4.98 Å². The van der Waals surface area contributed by atoms with Gasteiger partial charge in [0, 0.05) is 6.20 Å². The minimum atomic E-state index is -0.576. The van der Waals surface area contributed by atoms with Gasteiger partial charge in [-0.2, -0.15) is 0 Å². The van der Waals surface area contributed by atoms with Crippen LogP contribution in [0.2, 0.25) is 0 Å². The zero-order valence-electron chi connectivity index (χ0n) is 13.0. The van der Waals surface area contributed by atoms with Crippen LogP contribution >= 0.6 is 11.8 Å². The SMILES string of the molecule is NC(=O)c1cccnc1SC(c1ccc(F)cc1)c1ccc(F)cc1. The Morgan fingerprint density at radius 2 is 1.44 bits per heavy atom. The van der Waals surface area contributed by atoms with Gasteiger partial charge in [0.15, 0.2) is 0 Å². The second-order valence-electron chi connectivity index (χ2n) is 5.32. The molecular weight excluding hydrogens is 342 g/mol. The highest BCUT2D eigenvalue weighted by Crippen LogP contribution is 2.40. The Kier molecular flexibility index (Phi) is 5.09. The topological polar surface area (TPSA) is 56.0 Å². The highest BCUT2D eigenvalue weighted by Gasteiger charge is 2.20. The van der Waals surface area contributed by atoms with Crippen molar-refractivity contribution in [3.63, 3.8) is 0 Å². The Labute approximate surface area is 147 Å². The van der Waals surface area contributed by atoms with Crippen molar-refractivity contribution in [3.05, 3.63) is 95.2 Å². The molecule has 2 N–H and O–H groups in total. The Morgan fingerprint density at radius 1 is 0.920 bits per heavy atom. The van der Waals surface area contributed by atoms with Gasteiger partial charge in [0.1, 0.15) is 16.7 Å². The van der Waals surface area contributed by atoms with E-state index in [2.05, 4.69) is 4.98 Å². The van der Waals surface area contributed by atoms with E-state index >= 15 is 0 Å². The first kappa shape index (κ1) is 17.1. The summed E-state index contributed by atoms with van der Waals surface area (Å²) in [4.78, 5) is 15.9. The molecule has 0 atom stereocenters. The summed E-state index contributed by atoms with van der Waals surface area (Å²) in [6.07, 6.45) is 1.57. The lowest BCUT2D eigenvalue weighted by molar-refractivity contribution is 0.0997. The summed E-state index contributed by atoms with van der Waals surface area (Å²) >= 11 is 1.30. The maximum Gasteiger partial charge on any atom is 0.251 e. The molecule has 2 aromatic carbocycles. The maximum atomic E-state index is 13.3. The first-order chi connectivity index (χ1) is 12.0. The molecule has 6 heteroatoms. The molecule has 0 saturated heterocycles. The molecule has 0 unspecified atom stereocenters. The van der Waals surface area contributed by atoms with Crippen LogP contribution in [-0.4, -0.2) is 10.9 Å². The van der Waals surface area contributed by atoms with E-state index in [0.717, 1.165) is 11.1 Å². The van der Waals surface area contributed by atoms with Crippen LogP contribution < -0.4 is 5.73 Å². The minimum absolute atomic E-state index is 0.297. The molecule has 1 heterocycles. The molecule has 3 nitrogen and oxygen atoms in total. The van der Waals surface area contributed by atoms with Gasteiger partial charge in [0.25, 0.3) is 5.91 Å². The van der Waals surface area contributed by atoms with Crippen LogP contribution in [0.25, 0.3) is 0 Å². The lowest BCUT2D eigenvalue weighted by Gasteiger charge is -2.18. The molecule has 1 aromatic heterocycles. The van der Waals surface area contributed by atoms with Crippen LogP contribution in [0.15, 0.2) is 71.9 Å². The van der Waals surface area contributed by atoms with E-state index in [1.807, 2.05) is 0 Å². The number of nitrogens with two attached hydrogens (primary N) is 1. The Balaban J connectivity index is 2.04. The molecular formula is C19H14F2N2OS. The molecule has 126 valence electrons. The van der Waals surface area contributed by atoms with Gasteiger partial charge in [-0.15, -0.1) is 0 Å². The largest absolute Gasteiger partial charge is 0.366 e. The summed E-state index contributed by atoms with van der Waals surface area (Å²) in [7, 11) is 0. The summed E-state index contributed by atoms with van der Waals surface area (Å²) in [5.41, 5.74) is 7.33. The molecule has 0 bridgehead atoms. The summed E-state index contributed by atoms with van der Waals surface area (Å²) in [5.74, 6) is -1.27. The zero-order valence-corrected chi connectivity index (χ0v) is 13.8. The fourth-order valence-corrected chi connectivity index (χ4v) is 3.61. The van der Waals surface area contributed by atoms with Crippen LogP contribution in [0, 0.1) is 11.6 Å². The average molecular weight is 356 g/mol. The number of hydrogen-bond donors (Lipinski definition) is 1. The molecule has 1 amide bonds. The van der Waals surface area contributed by atoms with Crippen molar-refractivity contribution in [1.29, 1.82) is 0 Å². The number of rotatable bonds is 5. The average Bonchev–Trinajstić information content (AvgIpc) is 2.62. The normalized spacial score (nSPS) is 10.8. The first-order valence-corrected chi connectivity index (χ1v) is 8.35. The number of halogens is 2. The van der Waals surface area contributed by atoms with Gasteiger partial charge in [0.05, 0.1) is 10.8 Å². The molecule has 0 aliphatic heterocycles. The highest BCUT2D eigenvalue weighted by atomic mass is 32.2. The number of amides is 1. The Hall–Kier alpha value is -2.73. The monoisotopic (exact) mass is 356 g/mol. The third kappa shape index (κ3) is 4.03. The number of carbonyl (C=O) groups is 1. The van der Waals surface area contributed by atoms with Crippen molar-refractivity contribution in [2.24, 2.45) is 5.73 Å². The van der Waals surface area contributed by atoms with E-state index in [1.54, 1.807) is 42.6 Å². The summed E-state index contributed by atoms with van der Waals surface area (Å²) in [6.45, 7) is 0. The molecule has 0 aliphatic carbocycles. The van der Waals surface area contributed by atoms with E-state index in [4.69, 9.17) is 5.73 Å². The van der Waals surface area contributed by atoms with E-state index in [9.17, 15) is 13.6 Å². The summed E-state index contributed by atoms with van der Waals surface area (Å²) in [6, 6.07) is 15.3. The molecule has 3 aromatic rings. The van der Waals surface area contributed by atoms with Gasteiger partial charge >= 0.3 is 0 Å². The molecule has 0 aliphatic rings. The maximum absolute atomic E-state index is 13.3. The zero-order chi connectivity index (χ0) is 17.8. The number of hydrogen-bond acceptors (Lipinski definition) is 3. The van der Waals surface area contributed by atoms with Gasteiger partial charge in [-0.25, -0.2) is 13.8 Å². The molecule has 0 saturated carbocycles. The van der Waals surface area contributed by atoms with E-state index in [0.29, 0.717) is 10.6 Å². The quantitative estimate of drug-likeness (QED) is 0.692. The molecule has 0 spiro atoms. The predicted molar refractivity (Wildman–Crippen MR) is 93.3 cm³/mol. The van der Waals surface area contributed by atoms with Gasteiger partial charge in [0.2, 0.25) is 0 Å². The lowest BCUT2D eigenvalue weighted by atomic mass is 10.0. The Morgan fingerprint density at radius 3 is 1.92 bits per heavy atom. The van der Waals surface area contributed by atoms with Gasteiger partial charge in [-0.05, 0) is 47.5 Å². The summed E-state index contributed by atoms with van der Waals surface area (Å²) in [5, 5.41) is 0.169. The van der Waals surface area contributed by atoms with Crippen LogP contribution in [0.3, 0.4) is 0 Å². The number of benzene rings is 2. The van der Waals surface area contributed by atoms with Crippen molar-refractivity contribution in [2.45, 2.75) is 10.3 Å². The lowest BCUT2D eigenvalue weighted by Crippen LogP contribution is -2.13.